The summed E-state index contributed by atoms with van der Waals surface area (Å²) in [6.07, 6.45) is -4.07. The van der Waals surface area contributed by atoms with Crippen LogP contribution in [0, 0.1) is 11.8 Å². The summed E-state index contributed by atoms with van der Waals surface area (Å²) in [5, 5.41) is 9.79. The van der Waals surface area contributed by atoms with Crippen LogP contribution in [-0.4, -0.2) is 47.5 Å². The number of carbonyl (C=O) groups is 1. The summed E-state index contributed by atoms with van der Waals surface area (Å²) in [5.41, 5.74) is -2.92. The van der Waals surface area contributed by atoms with Crippen LogP contribution >= 0.6 is 0 Å². The molecule has 4 unspecified atom stereocenters. The minimum atomic E-state index is -5.78. The van der Waals surface area contributed by atoms with Crippen molar-refractivity contribution in [2.45, 2.75) is 88.9 Å². The van der Waals surface area contributed by atoms with E-state index in [-0.39, 0.29) is 0 Å². The third-order valence-corrected chi connectivity index (χ3v) is 5.94. The molecule has 2 fully saturated rings. The highest BCUT2D eigenvalue weighted by molar-refractivity contribution is 5.72. The number of aliphatic hydroxyl groups is 1. The normalized spacial score (nSPS) is 33.9. The predicted octanol–water partition coefficient (Wildman–Crippen LogP) is 4.17. The van der Waals surface area contributed by atoms with E-state index >= 15 is 8.78 Å². The van der Waals surface area contributed by atoms with Crippen LogP contribution in [0.25, 0.3) is 0 Å². The summed E-state index contributed by atoms with van der Waals surface area (Å²) in [5.74, 6) is -11.7. The smallest absolute Gasteiger partial charge is 0.449 e. The van der Waals surface area contributed by atoms with Gasteiger partial charge in [0.2, 0.25) is 0 Å². The van der Waals surface area contributed by atoms with E-state index in [2.05, 4.69) is 4.74 Å². The monoisotopic (exact) mass is 418 g/mol. The van der Waals surface area contributed by atoms with Crippen LogP contribution in [0.3, 0.4) is 0 Å². The van der Waals surface area contributed by atoms with Crippen LogP contribution in [0.2, 0.25) is 0 Å². The van der Waals surface area contributed by atoms with E-state index < -0.39 is 54.2 Å². The minimum Gasteiger partial charge on any atom is -0.459 e. The average Bonchev–Trinajstić information content (AvgIpc) is 2.63. The van der Waals surface area contributed by atoms with Crippen molar-refractivity contribution in [1.29, 1.82) is 0 Å². The second-order valence-corrected chi connectivity index (χ2v) is 7.79. The molecule has 0 radical (unpaired) electrons. The van der Waals surface area contributed by atoms with Gasteiger partial charge in [-0.05, 0) is 32.1 Å². The standard InChI is InChI=1S/C18H27F5O5/c1-4-11(2)14(24)28-13(12-8-6-5-7-9-12)15(3)16(19,20)17(25,18(21,22)23)27-10-26-15/h11-13,25H,4-10H2,1-3H3. The summed E-state index contributed by atoms with van der Waals surface area (Å²) < 4.78 is 84.5. The van der Waals surface area contributed by atoms with E-state index in [0.717, 1.165) is 13.3 Å². The lowest BCUT2D eigenvalue weighted by Crippen LogP contribution is -2.76. The highest BCUT2D eigenvalue weighted by Crippen LogP contribution is 2.55. The molecule has 28 heavy (non-hydrogen) atoms. The number of rotatable bonds is 5. The summed E-state index contributed by atoms with van der Waals surface area (Å²) in [4.78, 5) is 12.3. The summed E-state index contributed by atoms with van der Waals surface area (Å²) in [7, 11) is 0. The lowest BCUT2D eigenvalue weighted by Gasteiger charge is -2.53. The number of alkyl halides is 5. The third-order valence-electron chi connectivity index (χ3n) is 5.94. The van der Waals surface area contributed by atoms with Gasteiger partial charge in [0, 0.05) is 0 Å². The first-order chi connectivity index (χ1) is 12.8. The number of esters is 1. The molecule has 10 heteroatoms. The Hall–Kier alpha value is -1.00. The van der Waals surface area contributed by atoms with Gasteiger partial charge in [0.1, 0.15) is 6.10 Å². The molecule has 1 aliphatic carbocycles. The number of carbonyl (C=O) groups excluding carboxylic acids is 1. The van der Waals surface area contributed by atoms with Crippen molar-refractivity contribution >= 4 is 5.97 Å². The number of ether oxygens (including phenoxy) is 3. The Bertz CT molecular complexity index is 563. The van der Waals surface area contributed by atoms with Crippen molar-refractivity contribution in [3.63, 3.8) is 0 Å². The fourth-order valence-electron chi connectivity index (χ4n) is 3.78. The predicted molar refractivity (Wildman–Crippen MR) is 87.3 cm³/mol. The van der Waals surface area contributed by atoms with Gasteiger partial charge in [-0.15, -0.1) is 0 Å². The Kier molecular flexibility index (Phi) is 6.67. The maximum Gasteiger partial charge on any atom is 0.449 e. The maximum absolute atomic E-state index is 15.1. The largest absolute Gasteiger partial charge is 0.459 e. The first-order valence-corrected chi connectivity index (χ1v) is 9.47. The number of halogens is 5. The lowest BCUT2D eigenvalue weighted by atomic mass is 9.74. The van der Waals surface area contributed by atoms with Gasteiger partial charge in [0.25, 0.3) is 0 Å². The average molecular weight is 418 g/mol. The number of hydrogen-bond acceptors (Lipinski definition) is 5. The Morgan fingerprint density at radius 1 is 1.21 bits per heavy atom. The molecule has 0 aromatic heterocycles. The van der Waals surface area contributed by atoms with E-state index in [1.807, 2.05) is 0 Å². The zero-order chi connectivity index (χ0) is 21.4. The molecule has 164 valence electrons. The molecule has 1 aliphatic heterocycles. The van der Waals surface area contributed by atoms with E-state index in [4.69, 9.17) is 9.47 Å². The zero-order valence-corrected chi connectivity index (χ0v) is 16.2. The fraction of sp³-hybridized carbons (Fsp3) is 0.944. The first-order valence-electron chi connectivity index (χ1n) is 9.47. The summed E-state index contributed by atoms with van der Waals surface area (Å²) in [6.45, 7) is 2.77. The van der Waals surface area contributed by atoms with Crippen molar-refractivity contribution in [2.24, 2.45) is 11.8 Å². The van der Waals surface area contributed by atoms with Crippen molar-refractivity contribution in [1.82, 2.24) is 0 Å². The van der Waals surface area contributed by atoms with Gasteiger partial charge in [-0.2, -0.15) is 22.0 Å². The van der Waals surface area contributed by atoms with Crippen molar-refractivity contribution in [2.75, 3.05) is 6.79 Å². The highest BCUT2D eigenvalue weighted by Gasteiger charge is 2.81. The van der Waals surface area contributed by atoms with Gasteiger partial charge in [-0.3, -0.25) is 4.79 Å². The molecule has 0 aromatic carbocycles. The minimum absolute atomic E-state index is 0.375. The molecule has 1 saturated heterocycles. The molecule has 0 aromatic rings. The Morgan fingerprint density at radius 3 is 2.29 bits per heavy atom. The fourth-order valence-corrected chi connectivity index (χ4v) is 3.78. The Labute approximate surface area is 160 Å². The van der Waals surface area contributed by atoms with Crippen LogP contribution in [0.4, 0.5) is 22.0 Å². The summed E-state index contributed by atoms with van der Waals surface area (Å²) >= 11 is 0. The molecule has 0 amide bonds. The molecule has 5 nitrogen and oxygen atoms in total. The van der Waals surface area contributed by atoms with Gasteiger partial charge < -0.3 is 19.3 Å². The molecule has 1 saturated carbocycles. The van der Waals surface area contributed by atoms with Crippen LogP contribution in [0.5, 0.6) is 0 Å². The second-order valence-electron chi connectivity index (χ2n) is 7.79. The summed E-state index contributed by atoms with van der Waals surface area (Å²) in [6, 6.07) is 0. The van der Waals surface area contributed by atoms with E-state index in [0.29, 0.717) is 32.1 Å². The SMILES string of the molecule is CCC(C)C(=O)OC(C1CCCCC1)C1(C)OCOC(O)(C(F)(F)F)C1(F)F. The van der Waals surface area contributed by atoms with Gasteiger partial charge in [0.15, 0.2) is 12.4 Å². The Morgan fingerprint density at radius 2 is 1.79 bits per heavy atom. The Balaban J connectivity index is 2.47. The second kappa shape index (κ2) is 8.02. The third kappa shape index (κ3) is 3.75. The molecule has 4 atom stereocenters. The number of hydrogen-bond donors (Lipinski definition) is 1. The molecular weight excluding hydrogens is 391 g/mol. The molecule has 1 heterocycles. The van der Waals surface area contributed by atoms with E-state index in [1.165, 1.54) is 6.92 Å². The van der Waals surface area contributed by atoms with E-state index in [9.17, 15) is 23.1 Å². The van der Waals surface area contributed by atoms with Crippen LogP contribution in [0.1, 0.15) is 59.3 Å². The van der Waals surface area contributed by atoms with Crippen molar-refractivity contribution in [3.8, 4) is 0 Å². The molecule has 2 aliphatic rings. The van der Waals surface area contributed by atoms with Gasteiger partial charge in [-0.25, -0.2) is 0 Å². The molecular formula is C18H27F5O5. The topological polar surface area (TPSA) is 65.0 Å². The maximum atomic E-state index is 15.1. The van der Waals surface area contributed by atoms with E-state index in [1.54, 1.807) is 6.92 Å². The van der Waals surface area contributed by atoms with Crippen LogP contribution < -0.4 is 0 Å². The zero-order valence-electron chi connectivity index (χ0n) is 16.2. The van der Waals surface area contributed by atoms with Crippen molar-refractivity contribution in [3.05, 3.63) is 0 Å². The van der Waals surface area contributed by atoms with Gasteiger partial charge in [-0.1, -0.05) is 33.1 Å². The van der Waals surface area contributed by atoms with Crippen LogP contribution in [0.15, 0.2) is 0 Å². The quantitative estimate of drug-likeness (QED) is 0.536. The molecule has 1 N–H and O–H groups in total. The van der Waals surface area contributed by atoms with Gasteiger partial charge >= 0.3 is 23.9 Å². The van der Waals surface area contributed by atoms with Crippen LogP contribution in [-0.2, 0) is 19.0 Å². The first kappa shape index (κ1) is 23.3. The lowest BCUT2D eigenvalue weighted by molar-refractivity contribution is -0.507. The van der Waals surface area contributed by atoms with Gasteiger partial charge in [0.05, 0.1) is 5.92 Å². The molecule has 2 rings (SSSR count). The highest BCUT2D eigenvalue weighted by atomic mass is 19.4. The molecule has 0 spiro atoms. The molecule has 0 bridgehead atoms. The van der Waals surface area contributed by atoms with Crippen molar-refractivity contribution < 1.29 is 46.1 Å².